The number of benzene rings is 1. The summed E-state index contributed by atoms with van der Waals surface area (Å²) in [7, 11) is 0. The highest BCUT2D eigenvalue weighted by Gasteiger charge is 2.46. The van der Waals surface area contributed by atoms with Crippen molar-refractivity contribution in [2.75, 3.05) is 19.6 Å². The first-order chi connectivity index (χ1) is 12.0. The maximum absolute atomic E-state index is 12.9. The Morgan fingerprint density at radius 3 is 2.76 bits per heavy atom. The third kappa shape index (κ3) is 3.12. The predicted octanol–water partition coefficient (Wildman–Crippen LogP) is 2.71. The molecule has 1 aliphatic carbocycles. The van der Waals surface area contributed by atoms with Gasteiger partial charge in [-0.25, -0.2) is 0 Å². The highest BCUT2D eigenvalue weighted by Crippen LogP contribution is 2.42. The van der Waals surface area contributed by atoms with Gasteiger partial charge in [0, 0.05) is 37.5 Å². The Labute approximate surface area is 148 Å². The van der Waals surface area contributed by atoms with Gasteiger partial charge in [0.2, 0.25) is 5.91 Å². The van der Waals surface area contributed by atoms with Crippen LogP contribution in [0.3, 0.4) is 0 Å². The van der Waals surface area contributed by atoms with Crippen LogP contribution in [0.25, 0.3) is 0 Å². The second-order valence-corrected chi connectivity index (χ2v) is 8.10. The molecule has 1 saturated carbocycles. The van der Waals surface area contributed by atoms with Gasteiger partial charge in [-0.2, -0.15) is 0 Å². The van der Waals surface area contributed by atoms with Crippen molar-refractivity contribution in [2.45, 2.75) is 51.5 Å². The van der Waals surface area contributed by atoms with Crippen molar-refractivity contribution in [1.82, 2.24) is 9.80 Å². The number of likely N-dealkylation sites (tertiary alicyclic amines) is 2. The smallest absolute Gasteiger partial charge is 0.257 e. The first kappa shape index (κ1) is 16.4. The summed E-state index contributed by atoms with van der Waals surface area (Å²) < 4.78 is 0. The van der Waals surface area contributed by atoms with Gasteiger partial charge in [0.1, 0.15) is 5.75 Å². The van der Waals surface area contributed by atoms with Crippen LogP contribution >= 0.6 is 0 Å². The molecule has 0 unspecified atom stereocenters. The molecule has 1 N–H and O–H groups in total. The zero-order chi connectivity index (χ0) is 17.6. The highest BCUT2D eigenvalue weighted by atomic mass is 16.3. The lowest BCUT2D eigenvalue weighted by Crippen LogP contribution is -2.55. The van der Waals surface area contributed by atoms with E-state index in [0.29, 0.717) is 24.6 Å². The molecule has 1 atom stereocenters. The minimum atomic E-state index is -0.0913. The lowest BCUT2D eigenvalue weighted by molar-refractivity contribution is -0.139. The number of phenolic OH excluding ortho intramolecular Hbond substituents is 1. The summed E-state index contributed by atoms with van der Waals surface area (Å²) in [5, 5.41) is 10.2. The van der Waals surface area contributed by atoms with Crippen molar-refractivity contribution in [3.63, 3.8) is 0 Å². The summed E-state index contributed by atoms with van der Waals surface area (Å²) in [6.07, 6.45) is 5.77. The summed E-state index contributed by atoms with van der Waals surface area (Å²) in [4.78, 5) is 29.1. The molecule has 3 aliphatic rings. The molecule has 3 fully saturated rings. The monoisotopic (exact) mass is 342 g/mol. The molecule has 1 aromatic rings. The molecule has 0 radical (unpaired) electrons. The highest BCUT2D eigenvalue weighted by molar-refractivity contribution is 5.97. The normalized spacial score (nSPS) is 27.0. The maximum atomic E-state index is 12.9. The van der Waals surface area contributed by atoms with Gasteiger partial charge in [-0.15, -0.1) is 0 Å². The number of carbonyl (C=O) groups excluding carboxylic acids is 2. The maximum Gasteiger partial charge on any atom is 0.257 e. The van der Waals surface area contributed by atoms with Crippen LogP contribution in [-0.4, -0.2) is 52.4 Å². The van der Waals surface area contributed by atoms with Crippen LogP contribution in [0.5, 0.6) is 5.75 Å². The minimum absolute atomic E-state index is 0.0325. The number of hydrogen-bond acceptors (Lipinski definition) is 3. The van der Waals surface area contributed by atoms with Gasteiger partial charge in [-0.1, -0.05) is 6.07 Å². The number of rotatable bonds is 2. The Bertz CT molecular complexity index is 713. The molecule has 4 rings (SSSR count). The van der Waals surface area contributed by atoms with Crippen molar-refractivity contribution >= 4 is 11.8 Å². The van der Waals surface area contributed by atoms with E-state index in [0.717, 1.165) is 50.8 Å². The van der Waals surface area contributed by atoms with Crippen LogP contribution in [-0.2, 0) is 4.79 Å². The van der Waals surface area contributed by atoms with E-state index >= 15 is 0 Å². The molecular weight excluding hydrogens is 316 g/mol. The summed E-state index contributed by atoms with van der Waals surface area (Å²) in [6, 6.07) is 5.66. The summed E-state index contributed by atoms with van der Waals surface area (Å²) in [5.74, 6) is 0.252. The van der Waals surface area contributed by atoms with Crippen LogP contribution < -0.4 is 0 Å². The summed E-state index contributed by atoms with van der Waals surface area (Å²) in [6.45, 7) is 4.11. The molecule has 1 aromatic carbocycles. The van der Waals surface area contributed by atoms with Gasteiger partial charge in [0.05, 0.1) is 5.56 Å². The van der Waals surface area contributed by atoms with E-state index in [-0.39, 0.29) is 23.0 Å². The Balaban J connectivity index is 1.52. The van der Waals surface area contributed by atoms with Gasteiger partial charge in [-0.05, 0) is 56.7 Å². The number of carbonyl (C=O) groups is 2. The van der Waals surface area contributed by atoms with Crippen LogP contribution in [0.15, 0.2) is 18.2 Å². The third-order valence-electron chi connectivity index (χ3n) is 6.02. The number of aryl methyl sites for hydroxylation is 1. The lowest BCUT2D eigenvalue weighted by Gasteiger charge is -2.48. The van der Waals surface area contributed by atoms with Crippen molar-refractivity contribution < 1.29 is 14.7 Å². The fraction of sp³-hybridized carbons (Fsp3) is 0.600. The van der Waals surface area contributed by atoms with E-state index in [9.17, 15) is 14.7 Å². The van der Waals surface area contributed by atoms with Crippen molar-refractivity contribution in [3.05, 3.63) is 29.3 Å². The fourth-order valence-electron chi connectivity index (χ4n) is 4.47. The standard InChI is InChI=1S/C20H26N2O3/c1-14-3-6-16(17(23)11-14)19(25)21-10-2-8-20(12-21)9-7-18(24)22(13-20)15-4-5-15/h3,6,11,15,23H,2,4-5,7-10,12-13H2,1H3/t20-/m1/s1. The molecular formula is C20H26N2O3. The van der Waals surface area contributed by atoms with E-state index in [4.69, 9.17) is 0 Å². The molecule has 2 saturated heterocycles. The van der Waals surface area contributed by atoms with Crippen LogP contribution in [0.4, 0.5) is 0 Å². The number of aromatic hydroxyl groups is 1. The van der Waals surface area contributed by atoms with Gasteiger partial charge in [0.25, 0.3) is 5.91 Å². The van der Waals surface area contributed by atoms with Gasteiger partial charge < -0.3 is 14.9 Å². The third-order valence-corrected chi connectivity index (χ3v) is 6.02. The average molecular weight is 342 g/mol. The van der Waals surface area contributed by atoms with E-state index in [1.165, 1.54) is 0 Å². The number of nitrogens with zero attached hydrogens (tertiary/aromatic N) is 2. The van der Waals surface area contributed by atoms with E-state index in [1.807, 2.05) is 17.9 Å². The van der Waals surface area contributed by atoms with Crippen molar-refractivity contribution in [2.24, 2.45) is 5.41 Å². The SMILES string of the molecule is Cc1ccc(C(=O)N2CCC[C@@]3(CCC(=O)N(C4CC4)C3)C2)c(O)c1. The number of phenols is 1. The quantitative estimate of drug-likeness (QED) is 0.899. The van der Waals surface area contributed by atoms with Crippen LogP contribution in [0.1, 0.15) is 54.4 Å². The molecule has 2 amide bonds. The van der Waals surface area contributed by atoms with Crippen molar-refractivity contribution in [1.29, 1.82) is 0 Å². The molecule has 2 aliphatic heterocycles. The first-order valence-corrected chi connectivity index (χ1v) is 9.36. The molecule has 5 nitrogen and oxygen atoms in total. The molecule has 134 valence electrons. The van der Waals surface area contributed by atoms with Gasteiger partial charge in [-0.3, -0.25) is 9.59 Å². The molecule has 25 heavy (non-hydrogen) atoms. The zero-order valence-corrected chi connectivity index (χ0v) is 14.8. The Morgan fingerprint density at radius 2 is 2.04 bits per heavy atom. The Morgan fingerprint density at radius 1 is 1.24 bits per heavy atom. The Kier molecular flexibility index (Phi) is 3.97. The molecule has 2 heterocycles. The van der Waals surface area contributed by atoms with E-state index in [1.54, 1.807) is 12.1 Å². The van der Waals surface area contributed by atoms with E-state index < -0.39 is 0 Å². The molecule has 1 spiro atoms. The number of hydrogen-bond donors (Lipinski definition) is 1. The van der Waals surface area contributed by atoms with Gasteiger partial charge in [0.15, 0.2) is 0 Å². The second kappa shape index (κ2) is 6.04. The fourth-order valence-corrected chi connectivity index (χ4v) is 4.47. The van der Waals surface area contributed by atoms with Gasteiger partial charge >= 0.3 is 0 Å². The lowest BCUT2D eigenvalue weighted by atomic mass is 9.73. The summed E-state index contributed by atoms with van der Waals surface area (Å²) in [5.41, 5.74) is 1.36. The average Bonchev–Trinajstić information content (AvgIpc) is 3.42. The Hall–Kier alpha value is -2.04. The first-order valence-electron chi connectivity index (χ1n) is 9.36. The second-order valence-electron chi connectivity index (χ2n) is 8.10. The minimum Gasteiger partial charge on any atom is -0.507 e. The molecule has 5 heteroatoms. The number of piperidine rings is 2. The van der Waals surface area contributed by atoms with E-state index in [2.05, 4.69) is 4.90 Å². The van der Waals surface area contributed by atoms with Crippen molar-refractivity contribution in [3.8, 4) is 5.75 Å². The van der Waals surface area contributed by atoms with Crippen LogP contribution in [0, 0.1) is 12.3 Å². The largest absolute Gasteiger partial charge is 0.507 e. The number of amides is 2. The zero-order valence-electron chi connectivity index (χ0n) is 14.8. The molecule has 0 aromatic heterocycles. The topological polar surface area (TPSA) is 60.9 Å². The summed E-state index contributed by atoms with van der Waals surface area (Å²) >= 11 is 0. The molecule has 0 bridgehead atoms. The van der Waals surface area contributed by atoms with Crippen LogP contribution in [0.2, 0.25) is 0 Å². The predicted molar refractivity (Wildman–Crippen MR) is 94.4 cm³/mol.